The fourth-order valence-electron chi connectivity index (χ4n) is 2.76. The van der Waals surface area contributed by atoms with Gasteiger partial charge in [0.25, 0.3) is 0 Å². The number of nitrogens with zero attached hydrogens (tertiary/aromatic N) is 2. The van der Waals surface area contributed by atoms with Crippen molar-refractivity contribution in [1.82, 2.24) is 9.47 Å². The molecule has 122 valence electrons. The molecule has 2 heterocycles. The number of amides is 1. The molecular formula is C17H20N2O4. The second-order valence-electron chi connectivity index (χ2n) is 5.66. The van der Waals surface area contributed by atoms with E-state index < -0.39 is 5.76 Å². The molecule has 0 aliphatic carbocycles. The molecule has 0 bridgehead atoms. The number of carbonyl (C=O) groups excluding carboxylic acids is 1. The average molecular weight is 316 g/mol. The number of rotatable bonds is 4. The monoisotopic (exact) mass is 316 g/mol. The Labute approximate surface area is 134 Å². The fraction of sp³-hybridized carbons (Fsp3) is 0.412. The van der Waals surface area contributed by atoms with Crippen molar-refractivity contribution in [3.8, 4) is 17.1 Å². The third-order valence-electron chi connectivity index (χ3n) is 4.09. The largest absolute Gasteiger partial charge is 0.497 e. The summed E-state index contributed by atoms with van der Waals surface area (Å²) in [6, 6.07) is 7.22. The van der Waals surface area contributed by atoms with Crippen molar-refractivity contribution >= 4 is 5.91 Å². The fourth-order valence-corrected chi connectivity index (χ4v) is 2.76. The predicted octanol–water partition coefficient (Wildman–Crippen LogP) is 2.13. The molecule has 0 unspecified atom stereocenters. The number of methoxy groups -OCH3 is 1. The molecule has 0 atom stereocenters. The van der Waals surface area contributed by atoms with E-state index in [0.717, 1.165) is 43.7 Å². The molecule has 1 amide bonds. The van der Waals surface area contributed by atoms with Gasteiger partial charge in [0, 0.05) is 18.7 Å². The lowest BCUT2D eigenvalue weighted by molar-refractivity contribution is -0.132. The van der Waals surface area contributed by atoms with E-state index >= 15 is 0 Å². The van der Waals surface area contributed by atoms with Crippen LogP contribution in [0, 0.1) is 0 Å². The van der Waals surface area contributed by atoms with Gasteiger partial charge in [-0.2, -0.15) is 0 Å². The van der Waals surface area contributed by atoms with Crippen LogP contribution in [-0.2, 0) is 11.3 Å². The first-order valence-electron chi connectivity index (χ1n) is 7.80. The Kier molecular flexibility index (Phi) is 4.50. The number of aromatic nitrogens is 1. The van der Waals surface area contributed by atoms with Crippen molar-refractivity contribution in [3.05, 3.63) is 41.0 Å². The van der Waals surface area contributed by atoms with Gasteiger partial charge in [-0.15, -0.1) is 0 Å². The van der Waals surface area contributed by atoms with E-state index in [2.05, 4.69) is 0 Å². The predicted molar refractivity (Wildman–Crippen MR) is 85.4 cm³/mol. The molecule has 23 heavy (non-hydrogen) atoms. The van der Waals surface area contributed by atoms with Crippen LogP contribution >= 0.6 is 0 Å². The summed E-state index contributed by atoms with van der Waals surface area (Å²) in [6.07, 6.45) is 4.81. The number of ether oxygens (including phenoxy) is 1. The van der Waals surface area contributed by atoms with Gasteiger partial charge in [0.2, 0.25) is 5.91 Å². The summed E-state index contributed by atoms with van der Waals surface area (Å²) in [5.74, 6) is 0.634. The lowest BCUT2D eigenvalue weighted by atomic mass is 10.1. The average Bonchev–Trinajstić information content (AvgIpc) is 2.96. The zero-order valence-corrected chi connectivity index (χ0v) is 13.2. The topological polar surface area (TPSA) is 64.7 Å². The summed E-state index contributed by atoms with van der Waals surface area (Å²) in [4.78, 5) is 26.0. The summed E-state index contributed by atoms with van der Waals surface area (Å²) in [7, 11) is 1.60. The van der Waals surface area contributed by atoms with Crippen LogP contribution in [0.15, 0.2) is 39.7 Å². The first kappa shape index (κ1) is 15.4. The van der Waals surface area contributed by atoms with Gasteiger partial charge in [0.05, 0.1) is 13.3 Å². The van der Waals surface area contributed by atoms with Gasteiger partial charge in [-0.1, -0.05) is 0 Å². The minimum atomic E-state index is -0.513. The SMILES string of the molecule is COc1ccc(-c2cn(CC(=O)N3CCCCC3)c(=O)o2)cc1. The Hall–Kier alpha value is -2.50. The first-order chi connectivity index (χ1) is 11.2. The summed E-state index contributed by atoms with van der Waals surface area (Å²) >= 11 is 0. The molecule has 0 N–H and O–H groups in total. The molecule has 3 rings (SSSR count). The van der Waals surface area contributed by atoms with Crippen LogP contribution in [0.2, 0.25) is 0 Å². The van der Waals surface area contributed by atoms with Gasteiger partial charge in [0.15, 0.2) is 5.76 Å². The van der Waals surface area contributed by atoms with Crippen LogP contribution < -0.4 is 10.5 Å². The highest BCUT2D eigenvalue weighted by Crippen LogP contribution is 2.21. The maximum absolute atomic E-state index is 12.3. The standard InChI is InChI=1S/C17H20N2O4/c1-22-14-7-5-13(6-8-14)15-11-19(17(21)23-15)12-16(20)18-9-3-2-4-10-18/h5-8,11H,2-4,9-10,12H2,1H3. The highest BCUT2D eigenvalue weighted by Gasteiger charge is 2.18. The van der Waals surface area contributed by atoms with Crippen molar-refractivity contribution in [2.45, 2.75) is 25.8 Å². The van der Waals surface area contributed by atoms with E-state index in [0.29, 0.717) is 5.76 Å². The molecule has 1 aromatic carbocycles. The van der Waals surface area contributed by atoms with E-state index in [1.165, 1.54) is 4.57 Å². The molecule has 0 spiro atoms. The van der Waals surface area contributed by atoms with E-state index in [4.69, 9.17) is 9.15 Å². The molecule has 0 radical (unpaired) electrons. The summed E-state index contributed by atoms with van der Waals surface area (Å²) in [6.45, 7) is 1.58. The van der Waals surface area contributed by atoms with Gasteiger partial charge in [-0.25, -0.2) is 4.79 Å². The molecule has 1 aromatic heterocycles. The first-order valence-corrected chi connectivity index (χ1v) is 7.80. The normalized spacial score (nSPS) is 14.7. The number of hydrogen-bond acceptors (Lipinski definition) is 4. The molecular weight excluding hydrogens is 296 g/mol. The molecule has 6 heteroatoms. The van der Waals surface area contributed by atoms with Gasteiger partial charge in [-0.3, -0.25) is 9.36 Å². The van der Waals surface area contributed by atoms with Gasteiger partial charge < -0.3 is 14.1 Å². The third-order valence-corrected chi connectivity index (χ3v) is 4.09. The quantitative estimate of drug-likeness (QED) is 0.867. The summed E-state index contributed by atoms with van der Waals surface area (Å²) in [5.41, 5.74) is 0.770. The van der Waals surface area contributed by atoms with E-state index in [1.54, 1.807) is 25.4 Å². The minimum absolute atomic E-state index is 0.0263. The van der Waals surface area contributed by atoms with Gasteiger partial charge in [0.1, 0.15) is 12.3 Å². The molecule has 2 aromatic rings. The van der Waals surface area contributed by atoms with E-state index in [-0.39, 0.29) is 12.5 Å². The lowest BCUT2D eigenvalue weighted by Crippen LogP contribution is -2.38. The van der Waals surface area contributed by atoms with Crippen molar-refractivity contribution in [3.63, 3.8) is 0 Å². The van der Waals surface area contributed by atoms with Crippen LogP contribution in [0.25, 0.3) is 11.3 Å². The van der Waals surface area contributed by atoms with Crippen LogP contribution in [-0.4, -0.2) is 35.6 Å². The van der Waals surface area contributed by atoms with Crippen LogP contribution in [0.4, 0.5) is 0 Å². The van der Waals surface area contributed by atoms with Crippen molar-refractivity contribution in [2.24, 2.45) is 0 Å². The summed E-state index contributed by atoms with van der Waals surface area (Å²) in [5, 5.41) is 0. The maximum Gasteiger partial charge on any atom is 0.419 e. The highest BCUT2D eigenvalue weighted by molar-refractivity contribution is 5.76. The van der Waals surface area contributed by atoms with E-state index in [9.17, 15) is 9.59 Å². The van der Waals surface area contributed by atoms with Crippen LogP contribution in [0.3, 0.4) is 0 Å². The van der Waals surface area contributed by atoms with Crippen molar-refractivity contribution in [1.29, 1.82) is 0 Å². The smallest absolute Gasteiger partial charge is 0.419 e. The zero-order chi connectivity index (χ0) is 16.2. The Balaban J connectivity index is 1.75. The Morgan fingerprint density at radius 2 is 1.87 bits per heavy atom. The zero-order valence-electron chi connectivity index (χ0n) is 13.2. The van der Waals surface area contributed by atoms with Crippen molar-refractivity contribution < 1.29 is 13.9 Å². The maximum atomic E-state index is 12.3. The Bertz CT molecular complexity index is 724. The second-order valence-corrected chi connectivity index (χ2v) is 5.66. The van der Waals surface area contributed by atoms with Gasteiger partial charge >= 0.3 is 5.76 Å². The Morgan fingerprint density at radius 1 is 1.17 bits per heavy atom. The van der Waals surface area contributed by atoms with Gasteiger partial charge in [-0.05, 0) is 43.5 Å². The Morgan fingerprint density at radius 3 is 2.52 bits per heavy atom. The third kappa shape index (κ3) is 3.47. The number of hydrogen-bond donors (Lipinski definition) is 0. The van der Waals surface area contributed by atoms with E-state index in [1.807, 2.05) is 17.0 Å². The van der Waals surface area contributed by atoms with Crippen LogP contribution in [0.1, 0.15) is 19.3 Å². The molecule has 1 fully saturated rings. The highest BCUT2D eigenvalue weighted by atomic mass is 16.5. The molecule has 0 saturated carbocycles. The number of oxazole rings is 1. The molecule has 1 saturated heterocycles. The van der Waals surface area contributed by atoms with Crippen molar-refractivity contribution in [2.75, 3.05) is 20.2 Å². The number of piperidine rings is 1. The molecule has 1 aliphatic heterocycles. The number of likely N-dealkylation sites (tertiary alicyclic amines) is 1. The second kappa shape index (κ2) is 6.73. The minimum Gasteiger partial charge on any atom is -0.497 e. The number of carbonyl (C=O) groups is 1. The lowest BCUT2D eigenvalue weighted by Gasteiger charge is -2.26. The number of benzene rings is 1. The van der Waals surface area contributed by atoms with Crippen LogP contribution in [0.5, 0.6) is 5.75 Å². The summed E-state index contributed by atoms with van der Waals surface area (Å²) < 4.78 is 11.7. The molecule has 1 aliphatic rings. The molecule has 6 nitrogen and oxygen atoms in total.